The predicted molar refractivity (Wildman–Crippen MR) is 184 cm³/mol. The standard InChI is InChI=1S/C42H24O/c1-3-12-29-27(10-1)28-11-2-4-13-30(28)38-24-40-33-21-20-25(22-36(33)31-14-5-6-15-32(31)39(40)23-37(29)38)26-17-9-18-35-34-16-7-8-19-41(34)43-42(26)35/h1-24H. The highest BCUT2D eigenvalue weighted by molar-refractivity contribution is 6.33. The molecule has 1 aromatic heterocycles. The van der Waals surface area contributed by atoms with Crippen molar-refractivity contribution in [2.24, 2.45) is 0 Å². The average Bonchev–Trinajstić information content (AvgIpc) is 3.47. The van der Waals surface area contributed by atoms with Gasteiger partial charge in [0.25, 0.3) is 0 Å². The second kappa shape index (κ2) is 8.44. The SMILES string of the molecule is c1ccc2c(c1)oc1c(-c3ccc4c(c3)c3ccccc3c3cc5c6ccccc6c6ccccc6c5cc43)cccc12. The second-order valence-electron chi connectivity index (χ2n) is 11.6. The highest BCUT2D eigenvalue weighted by Crippen LogP contribution is 2.43. The monoisotopic (exact) mass is 544 g/mol. The minimum Gasteiger partial charge on any atom is -0.455 e. The van der Waals surface area contributed by atoms with Crippen LogP contribution in [0.25, 0.3) is 97.7 Å². The Balaban J connectivity index is 1.34. The molecule has 0 spiro atoms. The molecule has 198 valence electrons. The smallest absolute Gasteiger partial charge is 0.143 e. The molecule has 0 N–H and O–H groups in total. The van der Waals surface area contributed by atoms with E-state index >= 15 is 0 Å². The Morgan fingerprint density at radius 3 is 1.26 bits per heavy atom. The van der Waals surface area contributed by atoms with E-state index in [4.69, 9.17) is 4.42 Å². The zero-order valence-electron chi connectivity index (χ0n) is 23.3. The number of hydrogen-bond acceptors (Lipinski definition) is 1. The van der Waals surface area contributed by atoms with Crippen LogP contribution in [0, 0.1) is 0 Å². The Morgan fingerprint density at radius 2 is 0.698 bits per heavy atom. The van der Waals surface area contributed by atoms with Crippen molar-refractivity contribution in [2.75, 3.05) is 0 Å². The maximum atomic E-state index is 6.43. The van der Waals surface area contributed by atoms with Crippen molar-refractivity contribution in [3.05, 3.63) is 146 Å². The lowest BCUT2D eigenvalue weighted by Gasteiger charge is -2.16. The van der Waals surface area contributed by atoms with Crippen LogP contribution in [0.15, 0.2) is 150 Å². The van der Waals surface area contributed by atoms with Gasteiger partial charge in [-0.3, -0.25) is 0 Å². The van der Waals surface area contributed by atoms with Crippen molar-refractivity contribution in [3.8, 4) is 11.1 Å². The molecular weight excluding hydrogens is 520 g/mol. The molecule has 0 amide bonds. The molecule has 0 saturated carbocycles. The highest BCUT2D eigenvalue weighted by atomic mass is 16.3. The first-order valence-electron chi connectivity index (χ1n) is 14.9. The van der Waals surface area contributed by atoms with Gasteiger partial charge in [0, 0.05) is 16.3 Å². The van der Waals surface area contributed by atoms with Gasteiger partial charge in [-0.1, -0.05) is 121 Å². The molecule has 0 fully saturated rings. The van der Waals surface area contributed by atoms with Crippen LogP contribution in [0.3, 0.4) is 0 Å². The molecule has 10 rings (SSSR count). The van der Waals surface area contributed by atoms with Gasteiger partial charge < -0.3 is 4.42 Å². The van der Waals surface area contributed by atoms with Crippen LogP contribution < -0.4 is 0 Å². The summed E-state index contributed by atoms with van der Waals surface area (Å²) in [7, 11) is 0. The predicted octanol–water partition coefficient (Wildman–Crippen LogP) is 12.2. The lowest BCUT2D eigenvalue weighted by atomic mass is 9.88. The number of benzene rings is 9. The fourth-order valence-corrected chi connectivity index (χ4v) is 7.49. The van der Waals surface area contributed by atoms with Gasteiger partial charge in [0.05, 0.1) is 0 Å². The third-order valence-electron chi connectivity index (χ3n) is 9.41. The summed E-state index contributed by atoms with van der Waals surface area (Å²) < 4.78 is 6.43. The van der Waals surface area contributed by atoms with Crippen LogP contribution in [0.2, 0.25) is 0 Å². The largest absolute Gasteiger partial charge is 0.455 e. The zero-order chi connectivity index (χ0) is 28.1. The van der Waals surface area contributed by atoms with Crippen molar-refractivity contribution >= 4 is 86.6 Å². The van der Waals surface area contributed by atoms with Crippen molar-refractivity contribution in [1.29, 1.82) is 0 Å². The topological polar surface area (TPSA) is 13.1 Å². The first-order chi connectivity index (χ1) is 21.3. The molecule has 0 radical (unpaired) electrons. The summed E-state index contributed by atoms with van der Waals surface area (Å²) in [5.41, 5.74) is 4.15. The van der Waals surface area contributed by atoms with E-state index in [-0.39, 0.29) is 0 Å². The van der Waals surface area contributed by atoms with E-state index in [9.17, 15) is 0 Å². The minimum atomic E-state index is 0.925. The molecular formula is C42H24O. The fourth-order valence-electron chi connectivity index (χ4n) is 7.49. The number of fused-ring (bicyclic) bond motifs is 15. The van der Waals surface area contributed by atoms with Gasteiger partial charge in [-0.2, -0.15) is 0 Å². The maximum absolute atomic E-state index is 6.43. The van der Waals surface area contributed by atoms with Gasteiger partial charge in [0.2, 0.25) is 0 Å². The van der Waals surface area contributed by atoms with Crippen LogP contribution in [0.4, 0.5) is 0 Å². The normalized spacial score (nSPS) is 12.2. The number of rotatable bonds is 1. The summed E-state index contributed by atoms with van der Waals surface area (Å²) in [6, 6.07) is 53.1. The summed E-state index contributed by atoms with van der Waals surface area (Å²) in [5.74, 6) is 0. The van der Waals surface area contributed by atoms with Crippen molar-refractivity contribution in [1.82, 2.24) is 0 Å². The van der Waals surface area contributed by atoms with Gasteiger partial charge in [-0.05, 0) is 94.5 Å². The Hall–Kier alpha value is -5.66. The number of hydrogen-bond donors (Lipinski definition) is 0. The summed E-state index contributed by atoms with van der Waals surface area (Å²) in [4.78, 5) is 0. The van der Waals surface area contributed by atoms with E-state index in [2.05, 4.69) is 140 Å². The minimum absolute atomic E-state index is 0.925. The van der Waals surface area contributed by atoms with E-state index in [1.165, 1.54) is 70.2 Å². The van der Waals surface area contributed by atoms with Crippen LogP contribution in [-0.2, 0) is 0 Å². The van der Waals surface area contributed by atoms with Gasteiger partial charge in [0.1, 0.15) is 11.2 Å². The van der Waals surface area contributed by atoms with Crippen LogP contribution in [0.5, 0.6) is 0 Å². The van der Waals surface area contributed by atoms with Gasteiger partial charge in [-0.25, -0.2) is 0 Å². The zero-order valence-corrected chi connectivity index (χ0v) is 23.3. The molecule has 0 unspecified atom stereocenters. The maximum Gasteiger partial charge on any atom is 0.143 e. The molecule has 1 heterocycles. The first kappa shape index (κ1) is 23.0. The summed E-state index contributed by atoms with van der Waals surface area (Å²) in [6.45, 7) is 0. The third kappa shape index (κ3) is 3.11. The molecule has 0 atom stereocenters. The van der Waals surface area contributed by atoms with E-state index < -0.39 is 0 Å². The van der Waals surface area contributed by atoms with E-state index in [0.717, 1.165) is 27.5 Å². The van der Waals surface area contributed by atoms with Crippen molar-refractivity contribution < 1.29 is 4.42 Å². The average molecular weight is 545 g/mol. The summed E-state index contributed by atoms with van der Waals surface area (Å²) >= 11 is 0. The van der Waals surface area contributed by atoms with Crippen LogP contribution in [0.1, 0.15) is 0 Å². The Morgan fingerprint density at radius 1 is 0.279 bits per heavy atom. The second-order valence-corrected chi connectivity index (χ2v) is 11.6. The lowest BCUT2D eigenvalue weighted by molar-refractivity contribution is 0.670. The Bertz CT molecular complexity index is 2780. The number of furan rings is 1. The summed E-state index contributed by atoms with van der Waals surface area (Å²) in [5, 5.41) is 17.8. The fraction of sp³-hybridized carbons (Fsp3) is 0. The molecule has 43 heavy (non-hydrogen) atoms. The van der Waals surface area contributed by atoms with E-state index in [1.807, 2.05) is 6.07 Å². The molecule has 10 aromatic rings. The van der Waals surface area contributed by atoms with Crippen molar-refractivity contribution in [2.45, 2.75) is 0 Å². The molecule has 0 aliphatic heterocycles. The third-order valence-corrected chi connectivity index (χ3v) is 9.41. The quantitative estimate of drug-likeness (QED) is 0.148. The molecule has 9 aromatic carbocycles. The van der Waals surface area contributed by atoms with Crippen LogP contribution >= 0.6 is 0 Å². The Kier molecular flexibility index (Phi) is 4.51. The highest BCUT2D eigenvalue weighted by Gasteiger charge is 2.16. The lowest BCUT2D eigenvalue weighted by Crippen LogP contribution is -1.88. The van der Waals surface area contributed by atoms with Gasteiger partial charge in [-0.15, -0.1) is 0 Å². The molecule has 0 aliphatic carbocycles. The van der Waals surface area contributed by atoms with Gasteiger partial charge in [0.15, 0.2) is 0 Å². The molecule has 0 saturated heterocycles. The van der Waals surface area contributed by atoms with Crippen LogP contribution in [-0.4, -0.2) is 0 Å². The molecule has 0 bridgehead atoms. The van der Waals surface area contributed by atoms with E-state index in [0.29, 0.717) is 0 Å². The molecule has 1 heteroatoms. The molecule has 1 nitrogen and oxygen atoms in total. The first-order valence-corrected chi connectivity index (χ1v) is 14.9. The Labute approximate surface area is 247 Å². The van der Waals surface area contributed by atoms with E-state index in [1.54, 1.807) is 0 Å². The summed E-state index contributed by atoms with van der Waals surface area (Å²) in [6.07, 6.45) is 0. The van der Waals surface area contributed by atoms with Gasteiger partial charge >= 0.3 is 0 Å². The van der Waals surface area contributed by atoms with Crippen molar-refractivity contribution in [3.63, 3.8) is 0 Å². The number of para-hydroxylation sites is 2. The molecule has 0 aliphatic rings.